The molecule has 1 aliphatic carbocycles. The van der Waals surface area contributed by atoms with Crippen LogP contribution in [0, 0.1) is 11.8 Å². The highest BCUT2D eigenvalue weighted by Crippen LogP contribution is 2.39. The van der Waals surface area contributed by atoms with Crippen molar-refractivity contribution < 1.29 is 5.11 Å². The Labute approximate surface area is 127 Å². The van der Waals surface area contributed by atoms with E-state index in [4.69, 9.17) is 5.10 Å². The number of fused-ring (bicyclic) bond motifs is 1. The Kier molecular flexibility index (Phi) is 3.78. The lowest BCUT2D eigenvalue weighted by Crippen LogP contribution is -2.43. The third-order valence-corrected chi connectivity index (χ3v) is 5.22. The summed E-state index contributed by atoms with van der Waals surface area (Å²) < 4.78 is 2.05. The van der Waals surface area contributed by atoms with Gasteiger partial charge in [0.05, 0.1) is 16.8 Å². The van der Waals surface area contributed by atoms with Gasteiger partial charge >= 0.3 is 0 Å². The van der Waals surface area contributed by atoms with Crippen molar-refractivity contribution in [3.05, 3.63) is 30.0 Å². The van der Waals surface area contributed by atoms with Gasteiger partial charge in [-0.2, -0.15) is 5.10 Å². The van der Waals surface area contributed by atoms with E-state index >= 15 is 0 Å². The Bertz CT molecular complexity index is 633. The van der Waals surface area contributed by atoms with Gasteiger partial charge in [-0.15, -0.1) is 0 Å². The fourth-order valence-corrected chi connectivity index (χ4v) is 3.81. The van der Waals surface area contributed by atoms with Crippen molar-refractivity contribution >= 4 is 10.9 Å². The second kappa shape index (κ2) is 5.45. The lowest BCUT2D eigenvalue weighted by atomic mass is 9.70. The van der Waals surface area contributed by atoms with Crippen LogP contribution in [0.1, 0.15) is 45.7 Å². The van der Waals surface area contributed by atoms with Crippen LogP contribution >= 0.6 is 0 Å². The molecule has 0 aliphatic heterocycles. The average molecular weight is 286 g/mol. The molecule has 0 bridgehead atoms. The number of rotatable bonds is 3. The molecule has 0 radical (unpaired) electrons. The summed E-state index contributed by atoms with van der Waals surface area (Å²) in [6, 6.07) is 8.36. The lowest BCUT2D eigenvalue weighted by molar-refractivity contribution is -0.0565. The van der Waals surface area contributed by atoms with Crippen molar-refractivity contribution in [1.82, 2.24) is 9.78 Å². The number of benzene rings is 1. The van der Waals surface area contributed by atoms with E-state index in [-0.39, 0.29) is 0 Å². The first kappa shape index (κ1) is 14.6. The summed E-state index contributed by atoms with van der Waals surface area (Å²) in [5.41, 5.74) is 1.62. The summed E-state index contributed by atoms with van der Waals surface area (Å²) in [5, 5.41) is 17.1. The van der Waals surface area contributed by atoms with Crippen molar-refractivity contribution in [2.45, 2.75) is 58.6 Å². The van der Waals surface area contributed by atoms with Crippen LogP contribution in [0.25, 0.3) is 10.9 Å². The Hall–Kier alpha value is -1.35. The third-order valence-electron chi connectivity index (χ3n) is 5.22. The van der Waals surface area contributed by atoms with Gasteiger partial charge in [0.15, 0.2) is 0 Å². The van der Waals surface area contributed by atoms with Crippen LogP contribution in [-0.4, -0.2) is 20.5 Å². The molecule has 0 spiro atoms. The summed E-state index contributed by atoms with van der Waals surface area (Å²) in [6.45, 7) is 7.42. The molecule has 114 valence electrons. The van der Waals surface area contributed by atoms with E-state index in [1.54, 1.807) is 0 Å². The van der Waals surface area contributed by atoms with Crippen molar-refractivity contribution in [2.75, 3.05) is 0 Å². The number of para-hydroxylation sites is 1. The molecule has 1 aliphatic rings. The highest BCUT2D eigenvalue weighted by Gasteiger charge is 2.39. The minimum atomic E-state index is -0.604. The highest BCUT2D eigenvalue weighted by atomic mass is 16.3. The smallest absolute Gasteiger partial charge is 0.0732 e. The van der Waals surface area contributed by atoms with E-state index < -0.39 is 5.60 Å². The maximum Gasteiger partial charge on any atom is 0.0732 e. The van der Waals surface area contributed by atoms with Gasteiger partial charge < -0.3 is 5.11 Å². The Morgan fingerprint density at radius 1 is 1.29 bits per heavy atom. The number of aryl methyl sites for hydroxylation is 1. The fraction of sp³-hybridized carbons (Fsp3) is 0.611. The van der Waals surface area contributed by atoms with Gasteiger partial charge in [-0.3, -0.25) is 4.68 Å². The van der Waals surface area contributed by atoms with Crippen molar-refractivity contribution in [3.63, 3.8) is 0 Å². The van der Waals surface area contributed by atoms with Gasteiger partial charge in [0.25, 0.3) is 0 Å². The molecule has 1 heterocycles. The zero-order chi connectivity index (χ0) is 15.0. The number of aliphatic hydroxyl groups is 1. The molecule has 1 N–H and O–H groups in total. The number of hydrogen-bond donors (Lipinski definition) is 1. The van der Waals surface area contributed by atoms with E-state index in [0.29, 0.717) is 18.3 Å². The molecule has 3 rings (SSSR count). The summed E-state index contributed by atoms with van der Waals surface area (Å²) in [5.74, 6) is 0.949. The van der Waals surface area contributed by atoms with Gasteiger partial charge in [0, 0.05) is 18.4 Å². The van der Waals surface area contributed by atoms with Crippen LogP contribution in [0.5, 0.6) is 0 Å². The molecule has 3 heteroatoms. The van der Waals surface area contributed by atoms with Crippen LogP contribution in [0.3, 0.4) is 0 Å². The second-order valence-corrected chi connectivity index (χ2v) is 6.85. The van der Waals surface area contributed by atoms with Crippen LogP contribution < -0.4 is 0 Å². The maximum absolute atomic E-state index is 11.2. The SMILES string of the molecule is CCn1nc(CC2(O)CC(C)CCC2C)c2ccccc21. The average Bonchev–Trinajstić information content (AvgIpc) is 2.81. The van der Waals surface area contributed by atoms with E-state index in [1.807, 2.05) is 4.68 Å². The van der Waals surface area contributed by atoms with Crippen molar-refractivity contribution in [3.8, 4) is 0 Å². The number of aromatic nitrogens is 2. The first-order valence-electron chi connectivity index (χ1n) is 8.20. The van der Waals surface area contributed by atoms with Gasteiger partial charge in [-0.05, 0) is 37.7 Å². The zero-order valence-corrected chi connectivity index (χ0v) is 13.3. The Morgan fingerprint density at radius 3 is 2.81 bits per heavy atom. The molecule has 3 nitrogen and oxygen atoms in total. The predicted molar refractivity (Wildman–Crippen MR) is 86.2 cm³/mol. The van der Waals surface area contributed by atoms with E-state index in [1.165, 1.54) is 17.3 Å². The maximum atomic E-state index is 11.2. The van der Waals surface area contributed by atoms with E-state index in [0.717, 1.165) is 25.1 Å². The van der Waals surface area contributed by atoms with Crippen LogP contribution in [-0.2, 0) is 13.0 Å². The first-order chi connectivity index (χ1) is 10.0. The first-order valence-corrected chi connectivity index (χ1v) is 8.20. The highest BCUT2D eigenvalue weighted by molar-refractivity contribution is 5.82. The Balaban J connectivity index is 1.97. The quantitative estimate of drug-likeness (QED) is 0.932. The molecule has 0 amide bonds. The Morgan fingerprint density at radius 2 is 2.05 bits per heavy atom. The predicted octanol–water partition coefficient (Wildman–Crippen LogP) is 3.79. The summed E-state index contributed by atoms with van der Waals surface area (Å²) in [6.07, 6.45) is 3.91. The van der Waals surface area contributed by atoms with E-state index in [2.05, 4.69) is 45.0 Å². The largest absolute Gasteiger partial charge is 0.389 e. The van der Waals surface area contributed by atoms with Crippen LogP contribution in [0.2, 0.25) is 0 Å². The van der Waals surface area contributed by atoms with Gasteiger partial charge in [0.1, 0.15) is 0 Å². The molecule has 1 saturated carbocycles. The molecule has 2 aromatic rings. The normalized spacial score (nSPS) is 29.9. The minimum absolute atomic E-state index is 0.347. The molecule has 1 aromatic carbocycles. The summed E-state index contributed by atoms with van der Waals surface area (Å²) in [7, 11) is 0. The minimum Gasteiger partial charge on any atom is -0.389 e. The van der Waals surface area contributed by atoms with Crippen LogP contribution in [0.15, 0.2) is 24.3 Å². The third kappa shape index (κ3) is 2.59. The monoisotopic (exact) mass is 286 g/mol. The van der Waals surface area contributed by atoms with Gasteiger partial charge in [0.2, 0.25) is 0 Å². The topological polar surface area (TPSA) is 38.0 Å². The van der Waals surface area contributed by atoms with E-state index in [9.17, 15) is 5.11 Å². The van der Waals surface area contributed by atoms with Gasteiger partial charge in [-0.25, -0.2) is 0 Å². The molecule has 0 saturated heterocycles. The molecular weight excluding hydrogens is 260 g/mol. The standard InChI is InChI=1S/C18H26N2O/c1-4-20-17-8-6-5-7-15(17)16(19-20)12-18(21)11-13(2)9-10-14(18)3/h5-8,13-14,21H,4,9-12H2,1-3H3. The lowest BCUT2D eigenvalue weighted by Gasteiger charge is -2.40. The second-order valence-electron chi connectivity index (χ2n) is 6.85. The van der Waals surface area contributed by atoms with Crippen molar-refractivity contribution in [1.29, 1.82) is 0 Å². The summed E-state index contributed by atoms with van der Waals surface area (Å²) >= 11 is 0. The number of hydrogen-bond acceptors (Lipinski definition) is 2. The van der Waals surface area contributed by atoms with Crippen LogP contribution in [0.4, 0.5) is 0 Å². The molecular formula is C18H26N2O. The van der Waals surface area contributed by atoms with Gasteiger partial charge in [-0.1, -0.05) is 38.5 Å². The molecule has 21 heavy (non-hydrogen) atoms. The summed E-state index contributed by atoms with van der Waals surface area (Å²) in [4.78, 5) is 0. The molecule has 3 unspecified atom stereocenters. The zero-order valence-electron chi connectivity index (χ0n) is 13.3. The molecule has 1 fully saturated rings. The fourth-order valence-electron chi connectivity index (χ4n) is 3.81. The molecule has 1 aromatic heterocycles. The molecule has 3 atom stereocenters. The number of nitrogens with zero attached hydrogens (tertiary/aromatic N) is 2. The van der Waals surface area contributed by atoms with Crippen molar-refractivity contribution in [2.24, 2.45) is 11.8 Å².